The molecule has 0 aliphatic rings. The highest BCUT2D eigenvalue weighted by Crippen LogP contribution is 2.11. The molecule has 0 bridgehead atoms. The fourth-order valence-corrected chi connectivity index (χ4v) is 2.07. The van der Waals surface area contributed by atoms with Crippen molar-refractivity contribution in [3.05, 3.63) is 35.4 Å². The first-order chi connectivity index (χ1) is 8.90. The van der Waals surface area contributed by atoms with E-state index in [1.807, 2.05) is 14.1 Å². The van der Waals surface area contributed by atoms with E-state index < -0.39 is 5.82 Å². The van der Waals surface area contributed by atoms with Gasteiger partial charge in [0.15, 0.2) is 0 Å². The summed E-state index contributed by atoms with van der Waals surface area (Å²) in [7, 11) is 4.08. The molecule has 1 unspecified atom stereocenters. The van der Waals surface area contributed by atoms with E-state index in [4.69, 9.17) is 0 Å². The molecule has 108 valence electrons. The Balaban J connectivity index is 2.49. The van der Waals surface area contributed by atoms with Crippen molar-refractivity contribution >= 4 is 0 Å². The maximum atomic E-state index is 13.4. The Hall–Kier alpha value is -1.00. The minimum Gasteiger partial charge on any atom is -0.311 e. The standard InChI is InChI=1S/C15H24F2N2/c1-11(2)7-14(19(3)4)10-18-9-12-8-13(16)5-6-15(12)17/h5-6,8,11,14,18H,7,9-10H2,1-4H3. The Labute approximate surface area is 114 Å². The molecule has 0 heterocycles. The number of halogens is 2. The van der Waals surface area contributed by atoms with Crippen LogP contribution >= 0.6 is 0 Å². The van der Waals surface area contributed by atoms with Crippen LogP contribution in [-0.2, 0) is 6.54 Å². The second-order valence-corrected chi connectivity index (χ2v) is 5.61. The average Bonchev–Trinajstić information content (AvgIpc) is 2.31. The fraction of sp³-hybridized carbons (Fsp3) is 0.600. The van der Waals surface area contributed by atoms with Crippen LogP contribution in [0.25, 0.3) is 0 Å². The van der Waals surface area contributed by atoms with E-state index in [9.17, 15) is 8.78 Å². The average molecular weight is 270 g/mol. The summed E-state index contributed by atoms with van der Waals surface area (Å²) < 4.78 is 26.5. The Morgan fingerprint density at radius 2 is 1.89 bits per heavy atom. The van der Waals surface area contributed by atoms with Gasteiger partial charge in [0.25, 0.3) is 0 Å². The first-order valence-electron chi connectivity index (χ1n) is 6.71. The quantitative estimate of drug-likeness (QED) is 0.819. The van der Waals surface area contributed by atoms with Crippen molar-refractivity contribution in [2.24, 2.45) is 5.92 Å². The molecule has 1 aromatic carbocycles. The molecule has 0 amide bonds. The van der Waals surface area contributed by atoms with Crippen LogP contribution in [-0.4, -0.2) is 31.6 Å². The molecule has 1 atom stereocenters. The Bertz CT molecular complexity index is 392. The van der Waals surface area contributed by atoms with Crippen molar-refractivity contribution < 1.29 is 8.78 Å². The van der Waals surface area contributed by atoms with Gasteiger partial charge in [-0.1, -0.05) is 13.8 Å². The molecule has 0 fully saturated rings. The van der Waals surface area contributed by atoms with Crippen molar-refractivity contribution in [2.45, 2.75) is 32.9 Å². The molecule has 2 nitrogen and oxygen atoms in total. The van der Waals surface area contributed by atoms with Gasteiger partial charge < -0.3 is 10.2 Å². The molecule has 1 N–H and O–H groups in total. The summed E-state index contributed by atoms with van der Waals surface area (Å²) in [4.78, 5) is 2.16. The summed E-state index contributed by atoms with van der Waals surface area (Å²) in [5.74, 6) is -0.149. The molecular formula is C15H24F2N2. The number of benzene rings is 1. The SMILES string of the molecule is CC(C)CC(CNCc1cc(F)ccc1F)N(C)C. The van der Waals surface area contributed by atoms with E-state index in [2.05, 4.69) is 24.1 Å². The van der Waals surface area contributed by atoms with Crippen LogP contribution in [0, 0.1) is 17.6 Å². The van der Waals surface area contributed by atoms with Gasteiger partial charge in [0.1, 0.15) is 11.6 Å². The lowest BCUT2D eigenvalue weighted by atomic mass is 10.0. The topological polar surface area (TPSA) is 15.3 Å². The predicted octanol–water partition coefficient (Wildman–Crippen LogP) is 3.03. The fourth-order valence-electron chi connectivity index (χ4n) is 2.07. The van der Waals surface area contributed by atoms with Gasteiger partial charge in [-0.15, -0.1) is 0 Å². The van der Waals surface area contributed by atoms with Crippen LogP contribution < -0.4 is 5.32 Å². The van der Waals surface area contributed by atoms with Gasteiger partial charge in [-0.3, -0.25) is 0 Å². The maximum Gasteiger partial charge on any atom is 0.127 e. The summed E-state index contributed by atoms with van der Waals surface area (Å²) in [6.45, 7) is 5.48. The second kappa shape index (κ2) is 7.56. The molecule has 4 heteroatoms. The lowest BCUT2D eigenvalue weighted by Crippen LogP contribution is -2.38. The van der Waals surface area contributed by atoms with Gasteiger partial charge in [0.2, 0.25) is 0 Å². The Kier molecular flexibility index (Phi) is 6.38. The van der Waals surface area contributed by atoms with Crippen molar-refractivity contribution in [1.82, 2.24) is 10.2 Å². The molecule has 0 aliphatic carbocycles. The zero-order valence-electron chi connectivity index (χ0n) is 12.2. The third kappa shape index (κ3) is 5.66. The van der Waals surface area contributed by atoms with Crippen molar-refractivity contribution in [3.63, 3.8) is 0 Å². The van der Waals surface area contributed by atoms with Gasteiger partial charge in [-0.2, -0.15) is 0 Å². The zero-order chi connectivity index (χ0) is 14.4. The summed E-state index contributed by atoms with van der Waals surface area (Å²) >= 11 is 0. The van der Waals surface area contributed by atoms with Crippen LogP contribution in [0.4, 0.5) is 8.78 Å². The lowest BCUT2D eigenvalue weighted by molar-refractivity contribution is 0.246. The summed E-state index contributed by atoms with van der Waals surface area (Å²) in [5.41, 5.74) is 0.377. The molecule has 0 saturated carbocycles. The number of hydrogen-bond acceptors (Lipinski definition) is 2. The van der Waals surface area contributed by atoms with Crippen LogP contribution in [0.1, 0.15) is 25.8 Å². The molecule has 0 aromatic heterocycles. The minimum atomic E-state index is -0.399. The second-order valence-electron chi connectivity index (χ2n) is 5.61. The first kappa shape index (κ1) is 16.1. The third-order valence-electron chi connectivity index (χ3n) is 3.18. The van der Waals surface area contributed by atoms with E-state index in [1.165, 1.54) is 12.1 Å². The molecule has 0 saturated heterocycles. The monoisotopic (exact) mass is 270 g/mol. The smallest absolute Gasteiger partial charge is 0.127 e. The normalized spacial score (nSPS) is 13.3. The van der Waals surface area contributed by atoms with Crippen LogP contribution in [0.5, 0.6) is 0 Å². The Morgan fingerprint density at radius 3 is 2.47 bits per heavy atom. The van der Waals surface area contributed by atoms with Crippen molar-refractivity contribution in [1.29, 1.82) is 0 Å². The van der Waals surface area contributed by atoms with Gasteiger partial charge in [0, 0.05) is 24.7 Å². The van der Waals surface area contributed by atoms with E-state index in [1.54, 1.807) is 0 Å². The first-order valence-corrected chi connectivity index (χ1v) is 6.71. The van der Waals surface area contributed by atoms with E-state index >= 15 is 0 Å². The van der Waals surface area contributed by atoms with Crippen LogP contribution in [0.2, 0.25) is 0 Å². The zero-order valence-corrected chi connectivity index (χ0v) is 12.2. The van der Waals surface area contributed by atoms with E-state index in [0.717, 1.165) is 19.0 Å². The number of rotatable bonds is 7. The maximum absolute atomic E-state index is 13.4. The summed E-state index contributed by atoms with van der Waals surface area (Å²) in [5, 5.41) is 3.21. The highest BCUT2D eigenvalue weighted by molar-refractivity contribution is 5.18. The third-order valence-corrected chi connectivity index (χ3v) is 3.18. The van der Waals surface area contributed by atoms with Crippen molar-refractivity contribution in [2.75, 3.05) is 20.6 Å². The summed E-state index contributed by atoms with van der Waals surface area (Å²) in [6.07, 6.45) is 1.08. The predicted molar refractivity (Wildman–Crippen MR) is 75.0 cm³/mol. The largest absolute Gasteiger partial charge is 0.311 e. The molecule has 1 aromatic rings. The number of hydrogen-bond donors (Lipinski definition) is 1. The lowest BCUT2D eigenvalue weighted by Gasteiger charge is -2.26. The van der Waals surface area contributed by atoms with Crippen LogP contribution in [0.15, 0.2) is 18.2 Å². The van der Waals surface area contributed by atoms with Gasteiger partial charge in [0.05, 0.1) is 0 Å². The molecular weight excluding hydrogens is 246 g/mol. The van der Waals surface area contributed by atoms with Crippen LogP contribution in [0.3, 0.4) is 0 Å². The van der Waals surface area contributed by atoms with Crippen molar-refractivity contribution in [3.8, 4) is 0 Å². The highest BCUT2D eigenvalue weighted by Gasteiger charge is 2.13. The number of likely N-dealkylation sites (N-methyl/N-ethyl adjacent to an activating group) is 1. The van der Waals surface area contributed by atoms with Gasteiger partial charge >= 0.3 is 0 Å². The van der Waals surface area contributed by atoms with E-state index in [-0.39, 0.29) is 5.82 Å². The molecule has 1 rings (SSSR count). The van der Waals surface area contributed by atoms with E-state index in [0.29, 0.717) is 24.1 Å². The van der Waals surface area contributed by atoms with Gasteiger partial charge in [-0.25, -0.2) is 8.78 Å². The number of nitrogens with one attached hydrogen (secondary N) is 1. The molecule has 19 heavy (non-hydrogen) atoms. The van der Waals surface area contributed by atoms with Gasteiger partial charge in [-0.05, 0) is 44.6 Å². The highest BCUT2D eigenvalue weighted by atomic mass is 19.1. The summed E-state index contributed by atoms with van der Waals surface area (Å²) in [6, 6.07) is 3.95. The Morgan fingerprint density at radius 1 is 1.21 bits per heavy atom. The molecule has 0 aliphatic heterocycles. The molecule has 0 spiro atoms. The minimum absolute atomic E-state index is 0.353. The molecule has 0 radical (unpaired) electrons. The number of nitrogens with zero attached hydrogens (tertiary/aromatic N) is 1.